The Morgan fingerprint density at radius 2 is 0.833 bits per heavy atom. The molecule has 48 heavy (non-hydrogen) atoms. The zero-order valence-corrected chi connectivity index (χ0v) is 30.0. The molecule has 4 N–H and O–H groups in total. The van der Waals surface area contributed by atoms with Crippen LogP contribution in [0, 0.1) is 0 Å². The molecule has 0 bridgehead atoms. The van der Waals surface area contributed by atoms with Crippen molar-refractivity contribution in [2.75, 3.05) is 14.2 Å². The van der Waals surface area contributed by atoms with Crippen LogP contribution in [-0.2, 0) is 19.1 Å². The lowest BCUT2D eigenvalue weighted by Gasteiger charge is -2.53. The molecule has 2 aliphatic heterocycles. The number of carboxylic acids is 2. The third-order valence-electron chi connectivity index (χ3n) is 8.46. The van der Waals surface area contributed by atoms with Gasteiger partial charge in [0.15, 0.2) is 12.2 Å². The summed E-state index contributed by atoms with van der Waals surface area (Å²) in [5, 5.41) is 36.8. The maximum absolute atomic E-state index is 9.77. The number of ether oxygens (including phenoxy) is 2. The molecule has 0 amide bonds. The number of para-hydroxylation sites is 2. The Bertz CT molecular complexity index is 1150. The average molecular weight is 677 g/mol. The van der Waals surface area contributed by atoms with Gasteiger partial charge in [-0.25, -0.2) is 9.59 Å². The van der Waals surface area contributed by atoms with Gasteiger partial charge in [0.05, 0.1) is 34.4 Å². The van der Waals surface area contributed by atoms with Gasteiger partial charge in [0.25, 0.3) is 0 Å². The minimum atomic E-state index is -2.27. The molecule has 2 atom stereocenters. The fraction of sp³-hybridized carbons (Fsp3) is 0.611. The topological polar surface area (TPSA) is 158 Å². The van der Waals surface area contributed by atoms with Gasteiger partial charge < -0.3 is 39.6 Å². The SMILES string of the molecule is COC1CC(C)(C)N(Oc2ccccc2)C(C)(C)C1.COC1CC(C)(C)N(Oc2ccccc2)C(C)(C)C1.O=C(O)C(O)C(O)C(=O)O. The average Bonchev–Trinajstić information content (AvgIpc) is 3.00. The van der Waals surface area contributed by atoms with Crippen molar-refractivity contribution >= 4 is 11.9 Å². The summed E-state index contributed by atoms with van der Waals surface area (Å²) in [4.78, 5) is 31.9. The van der Waals surface area contributed by atoms with E-state index in [1.165, 1.54) is 0 Å². The normalized spacial score (nSPS) is 21.7. The van der Waals surface area contributed by atoms with Crippen molar-refractivity contribution in [3.05, 3.63) is 60.7 Å². The van der Waals surface area contributed by atoms with E-state index in [0.29, 0.717) is 12.2 Å². The molecule has 2 fully saturated rings. The highest BCUT2D eigenvalue weighted by molar-refractivity contribution is 5.83. The predicted octanol–water partition coefficient (Wildman–Crippen LogP) is 5.17. The Hall–Kier alpha value is -3.26. The second-order valence-electron chi connectivity index (χ2n) is 14.7. The van der Waals surface area contributed by atoms with Gasteiger partial charge in [-0.05, 0) is 105 Å². The molecule has 270 valence electrons. The lowest BCUT2D eigenvalue weighted by atomic mass is 9.80. The summed E-state index contributed by atoms with van der Waals surface area (Å²) in [5.41, 5.74) is -0.229. The Kier molecular flexibility index (Phi) is 14.4. The summed E-state index contributed by atoms with van der Waals surface area (Å²) in [7, 11) is 3.59. The van der Waals surface area contributed by atoms with Crippen molar-refractivity contribution in [2.24, 2.45) is 0 Å². The zero-order chi connectivity index (χ0) is 36.5. The van der Waals surface area contributed by atoms with Gasteiger partial charge in [0.1, 0.15) is 11.5 Å². The first-order valence-electron chi connectivity index (χ1n) is 16.1. The van der Waals surface area contributed by atoms with Crippen LogP contribution in [0.5, 0.6) is 11.5 Å². The van der Waals surface area contributed by atoms with Crippen LogP contribution in [0.15, 0.2) is 60.7 Å². The molecule has 4 rings (SSSR count). The molecule has 0 radical (unpaired) electrons. The molecule has 12 heteroatoms. The number of aliphatic hydroxyl groups excluding tert-OH is 2. The van der Waals surface area contributed by atoms with E-state index in [9.17, 15) is 9.59 Å². The summed E-state index contributed by atoms with van der Waals surface area (Å²) in [6.07, 6.45) is -0.0600. The minimum Gasteiger partial charge on any atom is -0.479 e. The lowest BCUT2D eigenvalue weighted by Crippen LogP contribution is -2.63. The van der Waals surface area contributed by atoms with E-state index < -0.39 is 24.1 Å². The second kappa shape index (κ2) is 16.9. The number of methoxy groups -OCH3 is 2. The third kappa shape index (κ3) is 11.4. The monoisotopic (exact) mass is 676 g/mol. The maximum atomic E-state index is 9.77. The molecule has 0 aliphatic carbocycles. The molecule has 2 aromatic rings. The lowest BCUT2D eigenvalue weighted by molar-refractivity contribution is -0.237. The summed E-state index contributed by atoms with van der Waals surface area (Å²) in [6, 6.07) is 20.0. The van der Waals surface area contributed by atoms with E-state index in [-0.39, 0.29) is 22.2 Å². The number of hydroxylamine groups is 4. The highest BCUT2D eigenvalue weighted by Gasteiger charge is 2.48. The molecular weight excluding hydrogens is 620 g/mol. The van der Waals surface area contributed by atoms with E-state index >= 15 is 0 Å². The smallest absolute Gasteiger partial charge is 0.335 e. The van der Waals surface area contributed by atoms with Crippen molar-refractivity contribution in [3.63, 3.8) is 0 Å². The molecule has 0 aromatic heterocycles. The van der Waals surface area contributed by atoms with Gasteiger partial charge in [-0.2, -0.15) is 0 Å². The van der Waals surface area contributed by atoms with E-state index in [1.54, 1.807) is 14.2 Å². The van der Waals surface area contributed by atoms with Crippen LogP contribution < -0.4 is 9.68 Å². The summed E-state index contributed by atoms with van der Waals surface area (Å²) >= 11 is 0. The Morgan fingerprint density at radius 1 is 0.583 bits per heavy atom. The minimum absolute atomic E-state index is 0.0573. The first-order chi connectivity index (χ1) is 22.2. The summed E-state index contributed by atoms with van der Waals surface area (Å²) < 4.78 is 11.2. The van der Waals surface area contributed by atoms with E-state index in [2.05, 4.69) is 65.5 Å². The predicted molar refractivity (Wildman–Crippen MR) is 181 cm³/mol. The standard InChI is InChI=1S/2C16H25NO2.C4H6O6/c2*1-15(2)11-14(18-5)12-16(3,4)17(15)19-13-9-7-6-8-10-13;5-1(3(7)8)2(6)4(9)10/h2*6-10,14H,11-12H2,1-5H3;1-2,5-6H,(H,7,8)(H,9,10). The molecule has 2 heterocycles. The van der Waals surface area contributed by atoms with Crippen LogP contribution in [0.1, 0.15) is 81.1 Å². The van der Waals surface area contributed by atoms with Crippen LogP contribution in [0.2, 0.25) is 0 Å². The number of nitrogens with zero attached hydrogens (tertiary/aromatic N) is 2. The second-order valence-corrected chi connectivity index (χ2v) is 14.7. The number of hydrogen-bond donors (Lipinski definition) is 4. The van der Waals surface area contributed by atoms with E-state index in [0.717, 1.165) is 37.2 Å². The summed E-state index contributed by atoms with van der Waals surface area (Å²) in [5.74, 6) is -1.76. The number of carbonyl (C=O) groups is 2. The number of rotatable bonds is 9. The van der Waals surface area contributed by atoms with Gasteiger partial charge in [-0.1, -0.05) is 36.4 Å². The van der Waals surface area contributed by atoms with Crippen molar-refractivity contribution in [2.45, 2.75) is 128 Å². The molecular formula is C36H56N2O10. The first kappa shape index (κ1) is 40.9. The van der Waals surface area contributed by atoms with Crippen LogP contribution in [0.4, 0.5) is 0 Å². The molecule has 12 nitrogen and oxygen atoms in total. The fourth-order valence-electron chi connectivity index (χ4n) is 6.61. The van der Waals surface area contributed by atoms with Crippen molar-refractivity contribution in [1.82, 2.24) is 10.1 Å². The molecule has 2 saturated heterocycles. The highest BCUT2D eigenvalue weighted by Crippen LogP contribution is 2.41. The molecule has 2 aromatic carbocycles. The van der Waals surface area contributed by atoms with Gasteiger partial charge in [-0.3, -0.25) is 0 Å². The number of aliphatic hydroxyl groups is 2. The molecule has 2 unspecified atom stereocenters. The number of aliphatic carboxylic acids is 2. The van der Waals surface area contributed by atoms with Crippen LogP contribution >= 0.6 is 0 Å². The number of hydrogen-bond acceptors (Lipinski definition) is 10. The summed E-state index contributed by atoms with van der Waals surface area (Å²) in [6.45, 7) is 17.7. The fourth-order valence-corrected chi connectivity index (χ4v) is 6.61. The Balaban J connectivity index is 0.000000264. The largest absolute Gasteiger partial charge is 0.479 e. The highest BCUT2D eigenvalue weighted by atomic mass is 16.7. The zero-order valence-electron chi connectivity index (χ0n) is 30.0. The van der Waals surface area contributed by atoms with Crippen molar-refractivity contribution < 1.29 is 49.2 Å². The van der Waals surface area contributed by atoms with Gasteiger partial charge >= 0.3 is 11.9 Å². The quantitative estimate of drug-likeness (QED) is 0.276. The number of benzene rings is 2. The van der Waals surface area contributed by atoms with Crippen LogP contribution in [0.25, 0.3) is 0 Å². The third-order valence-corrected chi connectivity index (χ3v) is 8.46. The number of piperidine rings is 2. The van der Waals surface area contributed by atoms with E-state index in [1.807, 2.05) is 60.7 Å². The van der Waals surface area contributed by atoms with Gasteiger partial charge in [0.2, 0.25) is 0 Å². The Labute approximate surface area is 285 Å². The van der Waals surface area contributed by atoms with Crippen molar-refractivity contribution in [1.29, 1.82) is 0 Å². The molecule has 0 spiro atoms. The Morgan fingerprint density at radius 3 is 1.04 bits per heavy atom. The number of carboxylic acid groups (broad SMARTS) is 2. The van der Waals surface area contributed by atoms with Gasteiger partial charge in [0, 0.05) is 14.2 Å². The van der Waals surface area contributed by atoms with Crippen LogP contribution in [0.3, 0.4) is 0 Å². The molecule has 2 aliphatic rings. The first-order valence-corrected chi connectivity index (χ1v) is 16.1. The molecule has 0 saturated carbocycles. The van der Waals surface area contributed by atoms with Crippen molar-refractivity contribution in [3.8, 4) is 11.5 Å². The maximum Gasteiger partial charge on any atom is 0.335 e. The van der Waals surface area contributed by atoms with Gasteiger partial charge in [-0.15, -0.1) is 10.1 Å². The van der Waals surface area contributed by atoms with Crippen LogP contribution in [-0.4, -0.2) is 103 Å². The van der Waals surface area contributed by atoms with E-state index in [4.69, 9.17) is 39.6 Å².